The van der Waals surface area contributed by atoms with E-state index in [1.807, 2.05) is 6.07 Å². The molecule has 13 heavy (non-hydrogen) atoms. The molecule has 1 aromatic carbocycles. The molecule has 1 aromatic heterocycles. The monoisotopic (exact) mass is 237 g/mol. The Hall–Kier alpha value is -0.786. The van der Waals surface area contributed by atoms with Crippen LogP contribution in [0.25, 0.3) is 10.9 Å². The van der Waals surface area contributed by atoms with E-state index in [0.29, 0.717) is 10.5 Å². The van der Waals surface area contributed by atoms with Crippen LogP contribution < -0.4 is 0 Å². The van der Waals surface area contributed by atoms with Crippen molar-refractivity contribution in [3.05, 3.63) is 35.5 Å². The summed E-state index contributed by atoms with van der Waals surface area (Å²) in [5.41, 5.74) is 0.546. The minimum absolute atomic E-state index is 0. The van der Waals surface area contributed by atoms with Gasteiger partial charge >= 0.3 is 0 Å². The number of hydrogen-bond acceptors (Lipinski definition) is 2. The number of phenolic OH excluding ortho intramolecular Hbond substituents is 1. The van der Waals surface area contributed by atoms with E-state index in [1.54, 1.807) is 18.3 Å². The molecule has 0 aliphatic heterocycles. The topological polar surface area (TPSA) is 33.1 Å². The van der Waals surface area contributed by atoms with Crippen molar-refractivity contribution in [2.45, 2.75) is 0 Å². The zero-order valence-electron chi connectivity index (χ0n) is 6.48. The molecule has 4 heteroatoms. The molecule has 0 aliphatic rings. The molecule has 2 nitrogen and oxygen atoms in total. The summed E-state index contributed by atoms with van der Waals surface area (Å²) >= 11 is 5.88. The summed E-state index contributed by atoms with van der Waals surface area (Å²) in [7, 11) is 0. The predicted octanol–water partition coefficient (Wildman–Crippen LogP) is 2.59. The maximum Gasteiger partial charge on any atom is 0.141 e. The Labute approximate surface area is 90.5 Å². The first-order valence-electron chi connectivity index (χ1n) is 3.51. The average Bonchev–Trinajstić information content (AvgIpc) is 2.12. The molecule has 1 N–H and O–H groups in total. The van der Waals surface area contributed by atoms with Crippen LogP contribution in [0.15, 0.2) is 30.5 Å². The fraction of sp³-hybridized carbons (Fsp3) is 0. The van der Waals surface area contributed by atoms with E-state index >= 15 is 0 Å². The Balaban J connectivity index is 0.000000845. The second-order valence-electron chi connectivity index (χ2n) is 2.47. The molecule has 2 rings (SSSR count). The minimum Gasteiger partial charge on any atom is -0.506 e. The van der Waals surface area contributed by atoms with Crippen LogP contribution in [0.3, 0.4) is 0 Å². The van der Waals surface area contributed by atoms with E-state index in [2.05, 4.69) is 4.98 Å². The van der Waals surface area contributed by atoms with E-state index in [1.165, 1.54) is 6.07 Å². The number of halogens is 1. The van der Waals surface area contributed by atoms with Gasteiger partial charge in [0.1, 0.15) is 11.3 Å². The van der Waals surface area contributed by atoms with E-state index in [4.69, 9.17) is 11.6 Å². The van der Waals surface area contributed by atoms with Crippen LogP contribution >= 0.6 is 11.6 Å². The van der Waals surface area contributed by atoms with Gasteiger partial charge in [0.2, 0.25) is 0 Å². The first-order chi connectivity index (χ1) is 5.79. The Morgan fingerprint density at radius 1 is 1.23 bits per heavy atom. The van der Waals surface area contributed by atoms with Crippen LogP contribution in [0.5, 0.6) is 5.75 Å². The molecule has 0 unspecified atom stereocenters. The Morgan fingerprint density at radius 2 is 2.00 bits per heavy atom. The summed E-state index contributed by atoms with van der Waals surface area (Å²) in [5.74, 6) is 0.162. The number of pyridine rings is 1. The van der Waals surface area contributed by atoms with E-state index in [0.717, 1.165) is 5.39 Å². The standard InChI is InChI=1S/C9H6ClNO.Ni/c10-7-3-4-8(12)9-6(7)2-1-5-11-9;/h1-5,12H;. The van der Waals surface area contributed by atoms with Gasteiger partial charge in [-0.15, -0.1) is 0 Å². The number of aromatic hydroxyl groups is 1. The average molecular weight is 238 g/mol. The fourth-order valence-corrected chi connectivity index (χ4v) is 1.34. The Bertz CT molecular complexity index is 392. The summed E-state index contributed by atoms with van der Waals surface area (Å²) in [6.45, 7) is 0. The van der Waals surface area contributed by atoms with Crippen LogP contribution in [0, 0.1) is 0 Å². The number of rotatable bonds is 0. The van der Waals surface area contributed by atoms with Crippen molar-refractivity contribution in [2.24, 2.45) is 0 Å². The fourth-order valence-electron chi connectivity index (χ4n) is 1.12. The van der Waals surface area contributed by atoms with Crippen LogP contribution in [-0.2, 0) is 16.5 Å². The molecule has 0 bridgehead atoms. The third-order valence-electron chi connectivity index (χ3n) is 1.70. The number of fused-ring (bicyclic) bond motifs is 1. The van der Waals surface area contributed by atoms with Gasteiger partial charge in [-0.2, -0.15) is 0 Å². The summed E-state index contributed by atoms with van der Waals surface area (Å²) in [6.07, 6.45) is 1.62. The molecule has 0 saturated carbocycles. The van der Waals surface area contributed by atoms with Crippen molar-refractivity contribution in [3.8, 4) is 5.75 Å². The quantitative estimate of drug-likeness (QED) is 0.716. The Morgan fingerprint density at radius 3 is 2.69 bits per heavy atom. The van der Waals surface area contributed by atoms with Gasteiger partial charge in [0.05, 0.1) is 5.02 Å². The van der Waals surface area contributed by atoms with Crippen molar-refractivity contribution in [2.75, 3.05) is 0 Å². The Kier molecular flexibility index (Phi) is 3.13. The third-order valence-corrected chi connectivity index (χ3v) is 2.02. The smallest absolute Gasteiger partial charge is 0.141 e. The van der Waals surface area contributed by atoms with Crippen LogP contribution in [0.4, 0.5) is 0 Å². The molecule has 70 valence electrons. The van der Waals surface area contributed by atoms with Crippen molar-refractivity contribution in [1.29, 1.82) is 0 Å². The van der Waals surface area contributed by atoms with E-state index in [9.17, 15) is 5.11 Å². The summed E-state index contributed by atoms with van der Waals surface area (Å²) in [5, 5.41) is 10.8. The first-order valence-corrected chi connectivity index (χ1v) is 3.89. The summed E-state index contributed by atoms with van der Waals surface area (Å²) < 4.78 is 0. The molecule has 0 radical (unpaired) electrons. The minimum atomic E-state index is 0. The van der Waals surface area contributed by atoms with Gasteiger partial charge in [-0.25, -0.2) is 0 Å². The zero-order chi connectivity index (χ0) is 8.55. The second kappa shape index (κ2) is 3.95. The molecule has 0 amide bonds. The van der Waals surface area contributed by atoms with Gasteiger partial charge in [0.25, 0.3) is 0 Å². The molecular weight excluding hydrogens is 232 g/mol. The third kappa shape index (κ3) is 1.77. The maximum atomic E-state index is 9.37. The van der Waals surface area contributed by atoms with Gasteiger partial charge in [-0.05, 0) is 24.3 Å². The summed E-state index contributed by atoms with van der Waals surface area (Å²) in [6, 6.07) is 6.80. The van der Waals surface area contributed by atoms with Crippen LogP contribution in [0.2, 0.25) is 5.02 Å². The molecule has 1 heterocycles. The van der Waals surface area contributed by atoms with E-state index < -0.39 is 0 Å². The molecule has 0 spiro atoms. The number of aromatic nitrogens is 1. The van der Waals surface area contributed by atoms with Crippen LogP contribution in [0.1, 0.15) is 0 Å². The van der Waals surface area contributed by atoms with Crippen molar-refractivity contribution in [3.63, 3.8) is 0 Å². The molecule has 0 fully saturated rings. The second-order valence-corrected chi connectivity index (χ2v) is 2.87. The molecule has 0 atom stereocenters. The number of benzene rings is 1. The number of phenols is 1. The predicted molar refractivity (Wildman–Crippen MR) is 48.4 cm³/mol. The van der Waals surface area contributed by atoms with Gasteiger partial charge < -0.3 is 5.11 Å². The number of hydrogen-bond donors (Lipinski definition) is 1. The van der Waals surface area contributed by atoms with Gasteiger partial charge in [0.15, 0.2) is 0 Å². The molecule has 2 aromatic rings. The SMILES string of the molecule is Oc1ccc(Cl)c2cccnc12.[Ni]. The van der Waals surface area contributed by atoms with Crippen molar-refractivity contribution < 1.29 is 21.6 Å². The number of nitrogens with zero attached hydrogens (tertiary/aromatic N) is 1. The van der Waals surface area contributed by atoms with E-state index in [-0.39, 0.29) is 22.2 Å². The largest absolute Gasteiger partial charge is 0.506 e. The van der Waals surface area contributed by atoms with Gasteiger partial charge in [-0.1, -0.05) is 11.6 Å². The van der Waals surface area contributed by atoms with Crippen molar-refractivity contribution in [1.82, 2.24) is 4.98 Å². The van der Waals surface area contributed by atoms with Crippen molar-refractivity contribution >= 4 is 22.5 Å². The zero-order valence-corrected chi connectivity index (χ0v) is 8.22. The van der Waals surface area contributed by atoms with Gasteiger partial charge in [0, 0.05) is 28.1 Å². The molecule has 0 saturated heterocycles. The summed E-state index contributed by atoms with van der Waals surface area (Å²) in [4.78, 5) is 4.01. The van der Waals surface area contributed by atoms with Gasteiger partial charge in [-0.3, -0.25) is 4.98 Å². The first kappa shape index (κ1) is 10.3. The molecular formula is C9H6ClNNiO. The van der Waals surface area contributed by atoms with Crippen LogP contribution in [-0.4, -0.2) is 10.1 Å². The normalized spacial score (nSPS) is 9.62. The maximum absolute atomic E-state index is 9.37. The molecule has 0 aliphatic carbocycles.